The van der Waals surface area contributed by atoms with Crippen LogP contribution in [0.3, 0.4) is 0 Å². The van der Waals surface area contributed by atoms with Crippen LogP contribution >= 0.6 is 0 Å². The number of carbonyl (C=O) groups excluding carboxylic acids is 1. The molecule has 0 atom stereocenters. The van der Waals surface area contributed by atoms with Crippen LogP contribution in [0.15, 0.2) is 0 Å². The van der Waals surface area contributed by atoms with E-state index in [1.807, 2.05) is 0 Å². The Labute approximate surface area is 94.0 Å². The van der Waals surface area contributed by atoms with Gasteiger partial charge in [-0.25, -0.2) is 0 Å². The first-order valence-corrected chi connectivity index (χ1v) is 5.85. The third-order valence-corrected chi connectivity index (χ3v) is 2.55. The van der Waals surface area contributed by atoms with Crippen LogP contribution < -0.4 is 10.6 Å². The largest absolute Gasteiger partial charge is 0.355 e. The van der Waals surface area contributed by atoms with Crippen molar-refractivity contribution in [3.05, 3.63) is 0 Å². The number of hydrogen-bond donors (Lipinski definition) is 2. The van der Waals surface area contributed by atoms with E-state index in [9.17, 15) is 4.79 Å². The number of hydrogen-bond acceptors (Lipinski definition) is 2. The van der Waals surface area contributed by atoms with E-state index in [1.165, 1.54) is 0 Å². The lowest BCUT2D eigenvalue weighted by Gasteiger charge is -2.22. The van der Waals surface area contributed by atoms with Gasteiger partial charge in [0, 0.05) is 13.1 Å². The minimum Gasteiger partial charge on any atom is -0.355 e. The summed E-state index contributed by atoms with van der Waals surface area (Å²) < 4.78 is 0. The molecule has 0 radical (unpaired) electrons. The summed E-state index contributed by atoms with van der Waals surface area (Å²) in [5, 5.41) is 6.07. The Hall–Kier alpha value is -0.570. The van der Waals surface area contributed by atoms with Gasteiger partial charge in [0.15, 0.2) is 0 Å². The molecule has 0 bridgehead atoms. The maximum absolute atomic E-state index is 11.3. The summed E-state index contributed by atoms with van der Waals surface area (Å²) in [6.45, 7) is 12.8. The highest BCUT2D eigenvalue weighted by Gasteiger charge is 2.14. The minimum absolute atomic E-state index is 0.0932. The van der Waals surface area contributed by atoms with Crippen LogP contribution in [-0.4, -0.2) is 25.5 Å². The van der Waals surface area contributed by atoms with E-state index in [-0.39, 0.29) is 11.3 Å². The van der Waals surface area contributed by atoms with E-state index in [0.29, 0.717) is 12.5 Å². The fourth-order valence-corrected chi connectivity index (χ4v) is 1.02. The lowest BCUT2D eigenvalue weighted by Crippen LogP contribution is -2.39. The zero-order chi connectivity index (χ0) is 11.9. The molecule has 3 nitrogen and oxygen atoms in total. The smallest absolute Gasteiger partial charge is 0.233 e. The molecule has 0 aromatic heterocycles. The van der Waals surface area contributed by atoms with Crippen molar-refractivity contribution in [3.8, 4) is 0 Å². The highest BCUT2D eigenvalue weighted by molar-refractivity contribution is 5.77. The molecule has 0 aliphatic heterocycles. The van der Waals surface area contributed by atoms with Crippen LogP contribution in [0.25, 0.3) is 0 Å². The van der Waals surface area contributed by atoms with Gasteiger partial charge in [-0.3, -0.25) is 4.79 Å². The molecule has 0 rings (SSSR count). The second-order valence-electron chi connectivity index (χ2n) is 5.32. The van der Waals surface area contributed by atoms with Crippen LogP contribution in [0.4, 0.5) is 0 Å². The Balaban J connectivity index is 3.55. The van der Waals surface area contributed by atoms with Crippen LogP contribution in [0.1, 0.15) is 41.0 Å². The highest BCUT2D eigenvalue weighted by Crippen LogP contribution is 2.17. The summed E-state index contributed by atoms with van der Waals surface area (Å²) in [5.41, 5.74) is 0.276. The zero-order valence-corrected chi connectivity index (χ0v) is 10.8. The average Bonchev–Trinajstić information content (AvgIpc) is 2.14. The van der Waals surface area contributed by atoms with Gasteiger partial charge in [0.05, 0.1) is 6.54 Å². The van der Waals surface area contributed by atoms with Crippen LogP contribution in [0, 0.1) is 11.3 Å². The fraction of sp³-hybridized carbons (Fsp3) is 0.917. The van der Waals surface area contributed by atoms with Crippen LogP contribution in [-0.2, 0) is 4.79 Å². The van der Waals surface area contributed by atoms with E-state index >= 15 is 0 Å². The standard InChI is InChI=1S/C12H26N2O/c1-6-12(4,5)9-13-8-11(15)14-7-10(2)3/h10,13H,6-9H2,1-5H3,(H,14,15). The summed E-state index contributed by atoms with van der Waals surface area (Å²) >= 11 is 0. The Morgan fingerprint density at radius 1 is 1.33 bits per heavy atom. The van der Waals surface area contributed by atoms with Gasteiger partial charge in [0.1, 0.15) is 0 Å². The summed E-state index contributed by atoms with van der Waals surface area (Å²) in [5.74, 6) is 0.608. The molecule has 0 aromatic rings. The van der Waals surface area contributed by atoms with Crippen molar-refractivity contribution in [2.24, 2.45) is 11.3 Å². The first-order chi connectivity index (χ1) is 6.87. The van der Waals surface area contributed by atoms with Gasteiger partial charge in [0.25, 0.3) is 0 Å². The number of carbonyl (C=O) groups is 1. The summed E-state index contributed by atoms with van der Waals surface area (Å²) in [6, 6.07) is 0. The molecular weight excluding hydrogens is 188 g/mol. The first-order valence-electron chi connectivity index (χ1n) is 5.85. The number of nitrogens with one attached hydrogen (secondary N) is 2. The van der Waals surface area contributed by atoms with E-state index < -0.39 is 0 Å². The van der Waals surface area contributed by atoms with Crippen LogP contribution in [0.2, 0.25) is 0 Å². The molecule has 0 saturated heterocycles. The zero-order valence-electron chi connectivity index (χ0n) is 10.8. The third kappa shape index (κ3) is 8.43. The maximum atomic E-state index is 11.3. The Bertz CT molecular complexity index is 188. The van der Waals surface area contributed by atoms with Gasteiger partial charge in [-0.1, -0.05) is 34.6 Å². The molecule has 0 aromatic carbocycles. The second kappa shape index (κ2) is 6.83. The van der Waals surface area contributed by atoms with Crippen molar-refractivity contribution >= 4 is 5.91 Å². The normalized spacial score (nSPS) is 11.9. The number of rotatable bonds is 7. The molecule has 0 saturated carbocycles. The molecule has 0 aliphatic rings. The fourth-order valence-electron chi connectivity index (χ4n) is 1.02. The Kier molecular flexibility index (Phi) is 6.57. The molecule has 3 heteroatoms. The second-order valence-corrected chi connectivity index (χ2v) is 5.32. The van der Waals surface area contributed by atoms with Crippen molar-refractivity contribution in [2.75, 3.05) is 19.6 Å². The molecule has 0 spiro atoms. The maximum Gasteiger partial charge on any atom is 0.233 e. The summed E-state index contributed by atoms with van der Waals surface area (Å²) in [7, 11) is 0. The summed E-state index contributed by atoms with van der Waals surface area (Å²) in [6.07, 6.45) is 1.12. The van der Waals surface area contributed by atoms with E-state index in [0.717, 1.165) is 19.5 Å². The van der Waals surface area contributed by atoms with Gasteiger partial charge in [-0.2, -0.15) is 0 Å². The van der Waals surface area contributed by atoms with Gasteiger partial charge in [-0.15, -0.1) is 0 Å². The Morgan fingerprint density at radius 2 is 1.93 bits per heavy atom. The molecule has 0 unspecified atom stereocenters. The van der Waals surface area contributed by atoms with Crippen molar-refractivity contribution in [1.29, 1.82) is 0 Å². The SMILES string of the molecule is CCC(C)(C)CNCC(=O)NCC(C)C. The monoisotopic (exact) mass is 214 g/mol. The highest BCUT2D eigenvalue weighted by atomic mass is 16.1. The Morgan fingerprint density at radius 3 is 2.40 bits per heavy atom. The predicted molar refractivity (Wildman–Crippen MR) is 64.8 cm³/mol. The molecule has 2 N–H and O–H groups in total. The average molecular weight is 214 g/mol. The van der Waals surface area contributed by atoms with Gasteiger partial charge in [0.2, 0.25) is 5.91 Å². The quantitative estimate of drug-likeness (QED) is 0.678. The lowest BCUT2D eigenvalue weighted by molar-refractivity contribution is -0.120. The molecule has 0 heterocycles. The van der Waals surface area contributed by atoms with Crippen LogP contribution in [0.5, 0.6) is 0 Å². The number of amides is 1. The first kappa shape index (κ1) is 14.4. The molecule has 1 amide bonds. The predicted octanol–water partition coefficient (Wildman–Crippen LogP) is 1.78. The van der Waals surface area contributed by atoms with Gasteiger partial charge < -0.3 is 10.6 Å². The third-order valence-electron chi connectivity index (χ3n) is 2.55. The van der Waals surface area contributed by atoms with Crippen molar-refractivity contribution in [2.45, 2.75) is 41.0 Å². The van der Waals surface area contributed by atoms with Gasteiger partial charge >= 0.3 is 0 Å². The van der Waals surface area contributed by atoms with E-state index in [2.05, 4.69) is 45.3 Å². The molecular formula is C12H26N2O. The minimum atomic E-state index is 0.0932. The molecule has 15 heavy (non-hydrogen) atoms. The van der Waals surface area contributed by atoms with E-state index in [4.69, 9.17) is 0 Å². The van der Waals surface area contributed by atoms with Crippen molar-refractivity contribution < 1.29 is 4.79 Å². The molecule has 90 valence electrons. The molecule has 0 aliphatic carbocycles. The van der Waals surface area contributed by atoms with Gasteiger partial charge in [-0.05, 0) is 17.8 Å². The topological polar surface area (TPSA) is 41.1 Å². The van der Waals surface area contributed by atoms with Crippen molar-refractivity contribution in [3.63, 3.8) is 0 Å². The molecule has 0 fully saturated rings. The summed E-state index contributed by atoms with van der Waals surface area (Å²) in [4.78, 5) is 11.3. The van der Waals surface area contributed by atoms with E-state index in [1.54, 1.807) is 0 Å². The van der Waals surface area contributed by atoms with Crippen molar-refractivity contribution in [1.82, 2.24) is 10.6 Å². The lowest BCUT2D eigenvalue weighted by atomic mass is 9.90.